The molecule has 1 saturated heterocycles. The monoisotopic (exact) mass is 221 g/mol. The molecule has 1 heterocycles. The van der Waals surface area contributed by atoms with Crippen LogP contribution in [0.15, 0.2) is 24.3 Å². The van der Waals surface area contributed by atoms with Crippen molar-refractivity contribution in [2.24, 2.45) is 5.92 Å². The van der Waals surface area contributed by atoms with Crippen LogP contribution in [0, 0.1) is 5.92 Å². The number of methoxy groups -OCH3 is 1. The van der Waals surface area contributed by atoms with Crippen LogP contribution in [0.25, 0.3) is 0 Å². The maximum atomic E-state index is 9.20. The van der Waals surface area contributed by atoms with E-state index in [9.17, 15) is 5.11 Å². The number of benzene rings is 1. The van der Waals surface area contributed by atoms with E-state index in [4.69, 9.17) is 4.74 Å². The lowest BCUT2D eigenvalue weighted by molar-refractivity contribution is 0.227. The van der Waals surface area contributed by atoms with Crippen molar-refractivity contribution in [3.63, 3.8) is 0 Å². The van der Waals surface area contributed by atoms with E-state index in [1.807, 2.05) is 12.1 Å². The second kappa shape index (κ2) is 4.85. The van der Waals surface area contributed by atoms with E-state index < -0.39 is 0 Å². The van der Waals surface area contributed by atoms with E-state index in [1.165, 1.54) is 5.56 Å². The number of ether oxygens (including phenoxy) is 1. The van der Waals surface area contributed by atoms with Crippen molar-refractivity contribution in [3.05, 3.63) is 29.8 Å². The molecule has 0 bridgehead atoms. The van der Waals surface area contributed by atoms with Gasteiger partial charge in [-0.25, -0.2) is 0 Å². The van der Waals surface area contributed by atoms with Gasteiger partial charge in [-0.05, 0) is 37.1 Å². The van der Waals surface area contributed by atoms with Crippen LogP contribution in [-0.2, 0) is 0 Å². The molecule has 2 atom stereocenters. The summed E-state index contributed by atoms with van der Waals surface area (Å²) in [5.74, 6) is 1.31. The third-order valence-corrected chi connectivity index (χ3v) is 3.37. The van der Waals surface area contributed by atoms with Gasteiger partial charge in [0.25, 0.3) is 0 Å². The third kappa shape index (κ3) is 2.20. The maximum absolute atomic E-state index is 9.20. The molecule has 88 valence electrons. The van der Waals surface area contributed by atoms with Gasteiger partial charge in [0.05, 0.1) is 7.11 Å². The molecular weight excluding hydrogens is 202 g/mol. The molecule has 0 radical (unpaired) electrons. The van der Waals surface area contributed by atoms with E-state index in [0.29, 0.717) is 12.0 Å². The van der Waals surface area contributed by atoms with Crippen LogP contribution in [0.1, 0.15) is 18.0 Å². The van der Waals surface area contributed by atoms with Crippen molar-refractivity contribution in [3.8, 4) is 5.75 Å². The Kier molecular flexibility index (Phi) is 3.46. The Hall–Kier alpha value is -1.06. The second-order valence-corrected chi connectivity index (χ2v) is 4.52. The molecular formula is C13H19NO2. The van der Waals surface area contributed by atoms with Gasteiger partial charge in [0.15, 0.2) is 0 Å². The smallest absolute Gasteiger partial charge is 0.119 e. The number of hydrogen-bond donors (Lipinski definition) is 1. The summed E-state index contributed by atoms with van der Waals surface area (Å²) in [6, 6.07) is 8.60. The molecule has 2 rings (SSSR count). The predicted molar refractivity (Wildman–Crippen MR) is 63.6 cm³/mol. The Bertz CT molecular complexity index is 354. The minimum atomic E-state index is 0.283. The maximum Gasteiger partial charge on any atom is 0.119 e. The summed E-state index contributed by atoms with van der Waals surface area (Å²) >= 11 is 0. The quantitative estimate of drug-likeness (QED) is 0.843. The van der Waals surface area contributed by atoms with E-state index >= 15 is 0 Å². The normalized spacial score (nSPS) is 25.9. The first-order chi connectivity index (χ1) is 7.74. The first kappa shape index (κ1) is 11.4. The fourth-order valence-corrected chi connectivity index (χ4v) is 2.48. The van der Waals surface area contributed by atoms with Gasteiger partial charge in [0.2, 0.25) is 0 Å². The molecule has 1 aromatic rings. The van der Waals surface area contributed by atoms with Gasteiger partial charge in [-0.15, -0.1) is 0 Å². The Morgan fingerprint density at radius 1 is 1.50 bits per heavy atom. The summed E-state index contributed by atoms with van der Waals surface area (Å²) in [4.78, 5) is 2.30. The fraction of sp³-hybridized carbons (Fsp3) is 0.538. The van der Waals surface area contributed by atoms with Gasteiger partial charge in [-0.2, -0.15) is 0 Å². The molecule has 0 spiro atoms. The highest BCUT2D eigenvalue weighted by Crippen LogP contribution is 2.34. The van der Waals surface area contributed by atoms with Crippen molar-refractivity contribution < 1.29 is 9.84 Å². The molecule has 1 N–H and O–H groups in total. The molecule has 3 heteroatoms. The molecule has 0 aliphatic carbocycles. The Labute approximate surface area is 96.6 Å². The highest BCUT2D eigenvalue weighted by atomic mass is 16.5. The number of likely N-dealkylation sites (tertiary alicyclic amines) is 1. The summed E-state index contributed by atoms with van der Waals surface area (Å²) in [7, 11) is 3.80. The summed E-state index contributed by atoms with van der Waals surface area (Å²) in [6.07, 6.45) is 1.03. The molecule has 0 saturated carbocycles. The minimum Gasteiger partial charge on any atom is -0.497 e. The number of nitrogens with zero attached hydrogens (tertiary/aromatic N) is 1. The lowest BCUT2D eigenvalue weighted by Crippen LogP contribution is -2.18. The summed E-state index contributed by atoms with van der Waals surface area (Å²) in [5, 5.41) is 9.20. The van der Waals surface area contributed by atoms with Crippen molar-refractivity contribution in [1.29, 1.82) is 0 Å². The van der Waals surface area contributed by atoms with Gasteiger partial charge in [0.1, 0.15) is 5.75 Å². The number of aliphatic hydroxyl groups excluding tert-OH is 1. The summed E-state index contributed by atoms with van der Waals surface area (Å²) < 4.78 is 5.23. The number of rotatable bonds is 3. The Morgan fingerprint density at radius 3 is 2.94 bits per heavy atom. The second-order valence-electron chi connectivity index (χ2n) is 4.52. The topological polar surface area (TPSA) is 32.7 Å². The molecule has 1 aliphatic heterocycles. The minimum absolute atomic E-state index is 0.283. The van der Waals surface area contributed by atoms with Gasteiger partial charge in [-0.3, -0.25) is 4.90 Å². The SMILES string of the molecule is COc1cccc(C2CC(CO)CN2C)c1. The van der Waals surface area contributed by atoms with Gasteiger partial charge in [0, 0.05) is 19.2 Å². The Balaban J connectivity index is 2.17. The molecule has 1 aliphatic rings. The lowest BCUT2D eigenvalue weighted by atomic mass is 10.0. The highest BCUT2D eigenvalue weighted by Gasteiger charge is 2.29. The molecule has 16 heavy (non-hydrogen) atoms. The van der Waals surface area contributed by atoms with Crippen molar-refractivity contribution in [1.82, 2.24) is 4.90 Å². The van der Waals surface area contributed by atoms with Gasteiger partial charge < -0.3 is 9.84 Å². The van der Waals surface area contributed by atoms with Crippen LogP contribution in [0.3, 0.4) is 0 Å². The molecule has 0 aromatic heterocycles. The average molecular weight is 221 g/mol. The van der Waals surface area contributed by atoms with Gasteiger partial charge >= 0.3 is 0 Å². The fourth-order valence-electron chi connectivity index (χ4n) is 2.48. The molecule has 0 amide bonds. The Morgan fingerprint density at radius 2 is 2.31 bits per heavy atom. The summed E-state index contributed by atoms with van der Waals surface area (Å²) in [5.41, 5.74) is 1.28. The van der Waals surface area contributed by atoms with Crippen LogP contribution in [-0.4, -0.2) is 37.3 Å². The predicted octanol–water partition coefficient (Wildman–Crippen LogP) is 1.68. The zero-order valence-corrected chi connectivity index (χ0v) is 9.89. The number of hydrogen-bond acceptors (Lipinski definition) is 3. The van der Waals surface area contributed by atoms with E-state index in [2.05, 4.69) is 24.1 Å². The molecule has 2 unspecified atom stereocenters. The third-order valence-electron chi connectivity index (χ3n) is 3.37. The zero-order valence-electron chi connectivity index (χ0n) is 9.89. The van der Waals surface area contributed by atoms with Crippen molar-refractivity contribution >= 4 is 0 Å². The van der Waals surface area contributed by atoms with Crippen LogP contribution in [0.2, 0.25) is 0 Å². The van der Waals surface area contributed by atoms with Gasteiger partial charge in [-0.1, -0.05) is 12.1 Å². The van der Waals surface area contributed by atoms with E-state index in [-0.39, 0.29) is 6.61 Å². The molecule has 1 aromatic carbocycles. The summed E-state index contributed by atoms with van der Waals surface area (Å²) in [6.45, 7) is 1.25. The van der Waals surface area contributed by atoms with E-state index in [1.54, 1.807) is 7.11 Å². The molecule has 1 fully saturated rings. The lowest BCUT2D eigenvalue weighted by Gasteiger charge is -2.19. The van der Waals surface area contributed by atoms with Crippen LogP contribution < -0.4 is 4.74 Å². The highest BCUT2D eigenvalue weighted by molar-refractivity contribution is 5.31. The van der Waals surface area contributed by atoms with Crippen LogP contribution >= 0.6 is 0 Å². The zero-order chi connectivity index (χ0) is 11.5. The molecule has 3 nitrogen and oxygen atoms in total. The average Bonchev–Trinajstić information content (AvgIpc) is 2.71. The van der Waals surface area contributed by atoms with Crippen molar-refractivity contribution in [2.75, 3.05) is 27.3 Å². The van der Waals surface area contributed by atoms with Crippen LogP contribution in [0.5, 0.6) is 5.75 Å². The largest absolute Gasteiger partial charge is 0.497 e. The number of aliphatic hydroxyl groups is 1. The first-order valence-corrected chi connectivity index (χ1v) is 5.69. The first-order valence-electron chi connectivity index (χ1n) is 5.69. The van der Waals surface area contributed by atoms with E-state index in [0.717, 1.165) is 18.7 Å². The van der Waals surface area contributed by atoms with Crippen LogP contribution in [0.4, 0.5) is 0 Å². The standard InChI is InChI=1S/C13H19NO2/c1-14-8-10(9-15)6-13(14)11-4-3-5-12(7-11)16-2/h3-5,7,10,13,15H,6,8-9H2,1-2H3. The van der Waals surface area contributed by atoms with Crippen molar-refractivity contribution in [2.45, 2.75) is 12.5 Å².